The maximum Gasteiger partial charge on any atom is 0.0548 e. The van der Waals surface area contributed by atoms with Crippen molar-refractivity contribution in [1.82, 2.24) is 14.9 Å². The van der Waals surface area contributed by atoms with Gasteiger partial charge in [-0.2, -0.15) is 0 Å². The van der Waals surface area contributed by atoms with Crippen LogP contribution in [0.25, 0.3) is 10.8 Å². The van der Waals surface area contributed by atoms with Gasteiger partial charge in [0, 0.05) is 53.4 Å². The first-order valence-corrected chi connectivity index (χ1v) is 9.85. The maximum atomic E-state index is 6.52. The van der Waals surface area contributed by atoms with Crippen LogP contribution in [0.15, 0.2) is 60.0 Å². The van der Waals surface area contributed by atoms with E-state index in [1.807, 2.05) is 54.7 Å². The number of rotatable bonds is 4. The molecule has 1 unspecified atom stereocenters. The summed E-state index contributed by atoms with van der Waals surface area (Å²) in [6.07, 6.45) is 9.96. The molecule has 0 spiro atoms. The van der Waals surface area contributed by atoms with Crippen LogP contribution in [0.1, 0.15) is 18.4 Å². The molecule has 25 heavy (non-hydrogen) atoms. The largest absolute Gasteiger partial charge is 0.298 e. The molecule has 4 rings (SSSR count). The summed E-state index contributed by atoms with van der Waals surface area (Å²) >= 11 is 8.43. The average molecular weight is 370 g/mol. The molecule has 1 fully saturated rings. The first kappa shape index (κ1) is 16.8. The summed E-state index contributed by atoms with van der Waals surface area (Å²) < 4.78 is 0. The highest BCUT2D eigenvalue weighted by atomic mass is 35.5. The summed E-state index contributed by atoms with van der Waals surface area (Å²) in [7, 11) is 0. The molecule has 0 amide bonds. The maximum absolute atomic E-state index is 6.52. The molecule has 128 valence electrons. The van der Waals surface area contributed by atoms with E-state index in [1.165, 1.54) is 28.7 Å². The Kier molecular flexibility index (Phi) is 5.20. The first-order chi connectivity index (χ1) is 12.3. The van der Waals surface area contributed by atoms with E-state index in [4.69, 9.17) is 11.6 Å². The van der Waals surface area contributed by atoms with Crippen LogP contribution < -0.4 is 0 Å². The van der Waals surface area contributed by atoms with E-state index in [-0.39, 0.29) is 0 Å². The van der Waals surface area contributed by atoms with Crippen molar-refractivity contribution in [2.75, 3.05) is 13.1 Å². The van der Waals surface area contributed by atoms with Crippen LogP contribution in [-0.2, 0) is 6.54 Å². The van der Waals surface area contributed by atoms with Gasteiger partial charge in [-0.1, -0.05) is 17.7 Å². The lowest BCUT2D eigenvalue weighted by Crippen LogP contribution is -2.36. The molecule has 0 aliphatic carbocycles. The smallest absolute Gasteiger partial charge is 0.0548 e. The Balaban J connectivity index is 1.46. The number of pyridine rings is 2. The fourth-order valence-corrected chi connectivity index (χ4v) is 4.96. The van der Waals surface area contributed by atoms with Crippen molar-refractivity contribution in [3.05, 3.63) is 65.7 Å². The van der Waals surface area contributed by atoms with Gasteiger partial charge in [0.1, 0.15) is 0 Å². The van der Waals surface area contributed by atoms with Crippen molar-refractivity contribution in [2.24, 2.45) is 0 Å². The van der Waals surface area contributed by atoms with E-state index < -0.39 is 0 Å². The number of likely N-dealkylation sites (tertiary alicyclic amines) is 1. The second-order valence-electron chi connectivity index (χ2n) is 6.48. The van der Waals surface area contributed by atoms with E-state index in [9.17, 15) is 0 Å². The normalized spacial score (nSPS) is 18.5. The SMILES string of the molecule is Clc1cc2cnccc2cc1SC1CCCN(Cc2cccnc2)C1. The van der Waals surface area contributed by atoms with Crippen molar-refractivity contribution in [1.29, 1.82) is 0 Å². The number of thioether (sulfide) groups is 1. The van der Waals surface area contributed by atoms with Crippen molar-refractivity contribution >= 4 is 34.1 Å². The Morgan fingerprint density at radius 2 is 2.04 bits per heavy atom. The molecule has 3 aromatic rings. The minimum absolute atomic E-state index is 0.571. The third kappa shape index (κ3) is 4.14. The van der Waals surface area contributed by atoms with Crippen LogP contribution in [0.5, 0.6) is 0 Å². The zero-order valence-corrected chi connectivity index (χ0v) is 15.5. The van der Waals surface area contributed by atoms with Crippen LogP contribution in [-0.4, -0.2) is 33.2 Å². The highest BCUT2D eigenvalue weighted by Gasteiger charge is 2.22. The van der Waals surface area contributed by atoms with Gasteiger partial charge in [-0.15, -0.1) is 11.8 Å². The molecule has 0 N–H and O–H groups in total. The number of hydrogen-bond acceptors (Lipinski definition) is 4. The standard InChI is InChI=1S/C20H20ClN3S/c21-19-9-17-12-23-7-5-16(17)10-20(19)25-18-4-2-8-24(14-18)13-15-3-1-6-22-11-15/h1,3,5-7,9-12,18H,2,4,8,13-14H2. The predicted octanol–water partition coefficient (Wildman–Crippen LogP) is 5.04. The zero-order chi connectivity index (χ0) is 17.1. The second kappa shape index (κ2) is 7.73. The molecule has 0 bridgehead atoms. The first-order valence-electron chi connectivity index (χ1n) is 8.59. The number of nitrogens with zero attached hydrogens (tertiary/aromatic N) is 3. The number of aromatic nitrogens is 2. The third-order valence-corrected chi connectivity index (χ3v) is 6.31. The van der Waals surface area contributed by atoms with Gasteiger partial charge in [0.2, 0.25) is 0 Å². The summed E-state index contributed by atoms with van der Waals surface area (Å²) in [4.78, 5) is 12.1. The van der Waals surface area contributed by atoms with E-state index in [1.54, 1.807) is 0 Å². The number of fused-ring (bicyclic) bond motifs is 1. The van der Waals surface area contributed by atoms with E-state index in [2.05, 4.69) is 27.0 Å². The number of halogens is 1. The molecule has 1 saturated heterocycles. The van der Waals surface area contributed by atoms with Gasteiger partial charge in [-0.05, 0) is 54.6 Å². The molecular weight excluding hydrogens is 350 g/mol. The third-order valence-electron chi connectivity index (χ3n) is 4.58. The van der Waals surface area contributed by atoms with Crippen LogP contribution in [0.4, 0.5) is 0 Å². The highest BCUT2D eigenvalue weighted by molar-refractivity contribution is 8.00. The molecule has 3 heterocycles. The second-order valence-corrected chi connectivity index (χ2v) is 8.23. The summed E-state index contributed by atoms with van der Waals surface area (Å²) in [6, 6.07) is 10.4. The predicted molar refractivity (Wildman–Crippen MR) is 105 cm³/mol. The minimum atomic E-state index is 0.571. The van der Waals surface area contributed by atoms with Gasteiger partial charge in [0.05, 0.1) is 5.02 Å². The summed E-state index contributed by atoms with van der Waals surface area (Å²) in [5.74, 6) is 0. The number of piperidine rings is 1. The Labute approximate surface area is 157 Å². The van der Waals surface area contributed by atoms with Crippen LogP contribution in [0.3, 0.4) is 0 Å². The molecule has 1 aliphatic heterocycles. The average Bonchev–Trinajstić information content (AvgIpc) is 2.63. The fraction of sp³-hybridized carbons (Fsp3) is 0.300. The molecular formula is C20H20ClN3S. The van der Waals surface area contributed by atoms with Gasteiger partial charge >= 0.3 is 0 Å². The molecule has 3 nitrogen and oxygen atoms in total. The van der Waals surface area contributed by atoms with Crippen LogP contribution >= 0.6 is 23.4 Å². The van der Waals surface area contributed by atoms with Gasteiger partial charge < -0.3 is 0 Å². The quantitative estimate of drug-likeness (QED) is 0.644. The molecule has 5 heteroatoms. The highest BCUT2D eigenvalue weighted by Crippen LogP contribution is 2.36. The fourth-order valence-electron chi connectivity index (χ4n) is 3.36. The Bertz CT molecular complexity index is 856. The lowest BCUT2D eigenvalue weighted by atomic mass is 10.1. The van der Waals surface area contributed by atoms with E-state index in [0.29, 0.717) is 5.25 Å². The molecule has 1 aliphatic rings. The van der Waals surface area contributed by atoms with Crippen molar-refractivity contribution < 1.29 is 0 Å². The Hall–Kier alpha value is -1.62. The minimum Gasteiger partial charge on any atom is -0.298 e. The van der Waals surface area contributed by atoms with Crippen molar-refractivity contribution in [3.63, 3.8) is 0 Å². The topological polar surface area (TPSA) is 29.0 Å². The zero-order valence-electron chi connectivity index (χ0n) is 13.9. The molecule has 1 aromatic carbocycles. The number of benzene rings is 1. The van der Waals surface area contributed by atoms with Gasteiger partial charge in [-0.3, -0.25) is 14.9 Å². The molecule has 0 radical (unpaired) electrons. The Morgan fingerprint density at radius 3 is 2.92 bits per heavy atom. The van der Waals surface area contributed by atoms with Gasteiger partial charge in [0.25, 0.3) is 0 Å². The summed E-state index contributed by atoms with van der Waals surface area (Å²) in [6.45, 7) is 3.22. The Morgan fingerprint density at radius 1 is 1.12 bits per heavy atom. The molecule has 0 saturated carbocycles. The lowest BCUT2D eigenvalue weighted by Gasteiger charge is -2.32. The van der Waals surface area contributed by atoms with Crippen molar-refractivity contribution in [2.45, 2.75) is 29.5 Å². The summed E-state index contributed by atoms with van der Waals surface area (Å²) in [5, 5.41) is 3.70. The van der Waals surface area contributed by atoms with Crippen LogP contribution in [0, 0.1) is 0 Å². The van der Waals surface area contributed by atoms with E-state index in [0.717, 1.165) is 30.0 Å². The van der Waals surface area contributed by atoms with Gasteiger partial charge in [-0.25, -0.2) is 0 Å². The lowest BCUT2D eigenvalue weighted by molar-refractivity contribution is 0.226. The van der Waals surface area contributed by atoms with Crippen LogP contribution in [0.2, 0.25) is 5.02 Å². The van der Waals surface area contributed by atoms with E-state index >= 15 is 0 Å². The van der Waals surface area contributed by atoms with Gasteiger partial charge in [0.15, 0.2) is 0 Å². The summed E-state index contributed by atoms with van der Waals surface area (Å²) in [5.41, 5.74) is 1.28. The number of hydrogen-bond donors (Lipinski definition) is 0. The van der Waals surface area contributed by atoms with Crippen molar-refractivity contribution in [3.8, 4) is 0 Å². The molecule has 2 aromatic heterocycles. The monoisotopic (exact) mass is 369 g/mol. The molecule has 1 atom stereocenters.